The molecule has 0 aliphatic carbocycles. The number of hydrogen-bond donors (Lipinski definition) is 0. The van der Waals surface area contributed by atoms with E-state index >= 15 is 0 Å². The quantitative estimate of drug-likeness (QED) is 0.785. The Labute approximate surface area is 127 Å². The normalized spacial score (nSPS) is 32.2. The van der Waals surface area contributed by atoms with Gasteiger partial charge in [-0.1, -0.05) is 60.7 Å². The number of piperidine rings is 1. The van der Waals surface area contributed by atoms with E-state index in [0.717, 1.165) is 6.04 Å². The van der Waals surface area contributed by atoms with Crippen LogP contribution in [0.5, 0.6) is 0 Å². The highest BCUT2D eigenvalue weighted by atomic mass is 15.2. The van der Waals surface area contributed by atoms with Crippen LogP contribution in [-0.4, -0.2) is 24.0 Å². The minimum atomic E-state index is 0.636. The largest absolute Gasteiger partial charge is 0.300 e. The van der Waals surface area contributed by atoms with Gasteiger partial charge < -0.3 is 0 Å². The van der Waals surface area contributed by atoms with Crippen molar-refractivity contribution in [1.29, 1.82) is 0 Å². The van der Waals surface area contributed by atoms with E-state index in [4.69, 9.17) is 0 Å². The second-order valence-corrected chi connectivity index (χ2v) is 6.65. The van der Waals surface area contributed by atoms with E-state index in [0.29, 0.717) is 17.9 Å². The van der Waals surface area contributed by atoms with E-state index in [9.17, 15) is 0 Å². The Morgan fingerprint density at radius 2 is 1.43 bits per heavy atom. The van der Waals surface area contributed by atoms with Crippen LogP contribution in [0.3, 0.4) is 0 Å². The first-order chi connectivity index (χ1) is 10.3. The van der Waals surface area contributed by atoms with Gasteiger partial charge in [0.2, 0.25) is 0 Å². The molecule has 2 aromatic rings. The molecule has 0 amide bonds. The highest BCUT2D eigenvalue weighted by Crippen LogP contribution is 2.50. The number of fused-ring (bicyclic) bond motifs is 2. The van der Waals surface area contributed by atoms with Gasteiger partial charge in [-0.25, -0.2) is 0 Å². The lowest BCUT2D eigenvalue weighted by atomic mass is 9.73. The van der Waals surface area contributed by atoms with Crippen LogP contribution in [-0.2, 0) is 0 Å². The Morgan fingerprint density at radius 1 is 0.810 bits per heavy atom. The Bertz CT molecular complexity index is 592. The summed E-state index contributed by atoms with van der Waals surface area (Å²) in [4.78, 5) is 2.65. The Balaban J connectivity index is 1.77. The average molecular weight is 277 g/mol. The molecule has 21 heavy (non-hydrogen) atoms. The summed E-state index contributed by atoms with van der Waals surface area (Å²) in [7, 11) is 2.33. The summed E-state index contributed by atoms with van der Waals surface area (Å²) in [6.45, 7) is 0. The van der Waals surface area contributed by atoms with Gasteiger partial charge in [-0.2, -0.15) is 0 Å². The molecule has 2 aromatic carbocycles. The van der Waals surface area contributed by atoms with Gasteiger partial charge in [0.05, 0.1) is 0 Å². The molecule has 0 N–H and O–H groups in total. The molecule has 108 valence electrons. The molecule has 0 aromatic heterocycles. The fraction of sp³-hybridized carbons (Fsp3) is 0.400. The first-order valence-electron chi connectivity index (χ1n) is 8.16. The van der Waals surface area contributed by atoms with Crippen LogP contribution in [0.2, 0.25) is 0 Å². The van der Waals surface area contributed by atoms with Crippen LogP contribution in [0.4, 0.5) is 0 Å². The highest BCUT2D eigenvalue weighted by Gasteiger charge is 2.46. The smallest absolute Gasteiger partial charge is 0.0170 e. The molecule has 2 bridgehead atoms. The third-order valence-corrected chi connectivity index (χ3v) is 5.68. The second kappa shape index (κ2) is 5.31. The SMILES string of the molecule is CN1C2CC[C@@H]1C[C@H](c1ccccc1)C2c1ccccc1. The zero-order valence-corrected chi connectivity index (χ0v) is 12.7. The van der Waals surface area contributed by atoms with Crippen LogP contribution in [0, 0.1) is 0 Å². The molecule has 0 radical (unpaired) electrons. The molecule has 2 unspecified atom stereocenters. The zero-order chi connectivity index (χ0) is 14.2. The molecule has 0 saturated carbocycles. The lowest BCUT2D eigenvalue weighted by molar-refractivity contribution is 0.137. The summed E-state index contributed by atoms with van der Waals surface area (Å²) in [5, 5.41) is 0. The number of nitrogens with zero attached hydrogens (tertiary/aromatic N) is 1. The number of hydrogen-bond acceptors (Lipinski definition) is 1. The molecule has 1 nitrogen and oxygen atoms in total. The summed E-state index contributed by atoms with van der Waals surface area (Å²) >= 11 is 0. The van der Waals surface area contributed by atoms with E-state index in [1.165, 1.54) is 30.4 Å². The van der Waals surface area contributed by atoms with Crippen molar-refractivity contribution in [3.8, 4) is 0 Å². The molecule has 2 aliphatic heterocycles. The van der Waals surface area contributed by atoms with Gasteiger partial charge in [0, 0.05) is 18.0 Å². The van der Waals surface area contributed by atoms with Crippen molar-refractivity contribution in [3.63, 3.8) is 0 Å². The first-order valence-corrected chi connectivity index (χ1v) is 8.16. The van der Waals surface area contributed by atoms with Crippen LogP contribution in [0.1, 0.15) is 42.2 Å². The summed E-state index contributed by atoms with van der Waals surface area (Å²) in [6.07, 6.45) is 4.02. The maximum atomic E-state index is 2.65. The van der Waals surface area contributed by atoms with E-state index in [1.54, 1.807) is 0 Å². The second-order valence-electron chi connectivity index (χ2n) is 6.65. The van der Waals surface area contributed by atoms with Crippen molar-refractivity contribution in [2.24, 2.45) is 0 Å². The van der Waals surface area contributed by atoms with Crippen molar-refractivity contribution in [2.75, 3.05) is 7.05 Å². The lowest BCUT2D eigenvalue weighted by Gasteiger charge is -2.43. The molecule has 4 atom stereocenters. The molecule has 2 aliphatic rings. The van der Waals surface area contributed by atoms with E-state index < -0.39 is 0 Å². The predicted molar refractivity (Wildman–Crippen MR) is 87.6 cm³/mol. The minimum absolute atomic E-state index is 0.636. The Kier molecular flexibility index (Phi) is 3.31. The van der Waals surface area contributed by atoms with Gasteiger partial charge >= 0.3 is 0 Å². The molecule has 2 heterocycles. The highest BCUT2D eigenvalue weighted by molar-refractivity contribution is 5.32. The van der Waals surface area contributed by atoms with Gasteiger partial charge in [-0.15, -0.1) is 0 Å². The van der Waals surface area contributed by atoms with Gasteiger partial charge in [0.25, 0.3) is 0 Å². The third-order valence-electron chi connectivity index (χ3n) is 5.68. The summed E-state index contributed by atoms with van der Waals surface area (Å²) < 4.78 is 0. The van der Waals surface area contributed by atoms with Crippen LogP contribution in [0.25, 0.3) is 0 Å². The van der Waals surface area contributed by atoms with Crippen LogP contribution in [0.15, 0.2) is 60.7 Å². The van der Waals surface area contributed by atoms with Gasteiger partial charge in [-0.3, -0.25) is 4.90 Å². The molecule has 2 saturated heterocycles. The number of likely N-dealkylation sites (N-methyl/N-ethyl adjacent to an activating group) is 1. The van der Waals surface area contributed by atoms with E-state index in [1.807, 2.05) is 0 Å². The third kappa shape index (κ3) is 2.20. The maximum absolute atomic E-state index is 2.65. The van der Waals surface area contributed by atoms with Gasteiger partial charge in [0.15, 0.2) is 0 Å². The summed E-state index contributed by atoms with van der Waals surface area (Å²) in [5.74, 6) is 1.31. The van der Waals surface area contributed by atoms with Gasteiger partial charge in [-0.05, 0) is 43.4 Å². The molecular weight excluding hydrogens is 254 g/mol. The van der Waals surface area contributed by atoms with Crippen LogP contribution >= 0.6 is 0 Å². The van der Waals surface area contributed by atoms with E-state index in [2.05, 4.69) is 72.6 Å². The Hall–Kier alpha value is -1.60. The maximum Gasteiger partial charge on any atom is 0.0170 e. The fourth-order valence-corrected chi connectivity index (χ4v) is 4.64. The van der Waals surface area contributed by atoms with Crippen molar-refractivity contribution < 1.29 is 0 Å². The number of rotatable bonds is 2. The summed E-state index contributed by atoms with van der Waals surface area (Å²) in [6, 6.07) is 23.8. The molecule has 4 rings (SSSR count). The molecule has 0 spiro atoms. The van der Waals surface area contributed by atoms with E-state index in [-0.39, 0.29) is 0 Å². The number of benzene rings is 2. The topological polar surface area (TPSA) is 3.24 Å². The van der Waals surface area contributed by atoms with Gasteiger partial charge in [0.1, 0.15) is 0 Å². The lowest BCUT2D eigenvalue weighted by Crippen LogP contribution is -2.44. The van der Waals surface area contributed by atoms with Crippen molar-refractivity contribution in [2.45, 2.75) is 43.2 Å². The standard InChI is InChI=1S/C20H23N/c1-21-17-12-13-19(21)20(16-10-6-3-7-11-16)18(14-17)15-8-4-2-5-9-15/h2-11,17-20H,12-14H2,1H3/t17-,18-,19?,20?/m1/s1. The van der Waals surface area contributed by atoms with Crippen molar-refractivity contribution >= 4 is 0 Å². The average Bonchev–Trinajstić information content (AvgIpc) is 2.79. The fourth-order valence-electron chi connectivity index (χ4n) is 4.64. The summed E-state index contributed by atoms with van der Waals surface area (Å²) in [5.41, 5.74) is 3.04. The first kappa shape index (κ1) is 13.1. The monoisotopic (exact) mass is 277 g/mol. The minimum Gasteiger partial charge on any atom is -0.300 e. The van der Waals surface area contributed by atoms with Crippen molar-refractivity contribution in [3.05, 3.63) is 71.8 Å². The van der Waals surface area contributed by atoms with Crippen LogP contribution < -0.4 is 0 Å². The molecular formula is C20H23N. The van der Waals surface area contributed by atoms with Crippen molar-refractivity contribution in [1.82, 2.24) is 4.90 Å². The molecule has 1 heteroatoms. The zero-order valence-electron chi connectivity index (χ0n) is 12.7. The predicted octanol–water partition coefficient (Wildman–Crippen LogP) is 4.42. The Morgan fingerprint density at radius 3 is 2.10 bits per heavy atom. The molecule has 2 fully saturated rings.